The number of esters is 1. The summed E-state index contributed by atoms with van der Waals surface area (Å²) in [4.78, 5) is 31.4. The highest BCUT2D eigenvalue weighted by Crippen LogP contribution is 2.20. The number of Topliss-reactive ketones (excluding diaryl/α,β-unsaturated/α-hetero) is 1. The van der Waals surface area contributed by atoms with Crippen LogP contribution in [0.5, 0.6) is 5.75 Å². The summed E-state index contributed by atoms with van der Waals surface area (Å²) in [7, 11) is 0. The lowest BCUT2D eigenvalue weighted by atomic mass is 10.0. The topological polar surface area (TPSA) is 77.3 Å². The second kappa shape index (κ2) is 10.6. The molecule has 2 heterocycles. The first-order chi connectivity index (χ1) is 14.9. The molecule has 1 atom stereocenters. The van der Waals surface area contributed by atoms with E-state index in [1.807, 2.05) is 51.1 Å². The highest BCUT2D eigenvalue weighted by atomic mass is 16.5. The molecule has 0 saturated carbocycles. The highest BCUT2D eigenvalue weighted by Gasteiger charge is 2.34. The Morgan fingerprint density at radius 1 is 1.10 bits per heavy atom. The molecule has 7 nitrogen and oxygen atoms in total. The minimum absolute atomic E-state index is 0.0574. The Hall–Kier alpha value is -2.64. The Labute approximate surface area is 184 Å². The molecule has 0 bridgehead atoms. The van der Waals surface area contributed by atoms with Crippen molar-refractivity contribution >= 4 is 11.8 Å². The van der Waals surface area contributed by atoms with Gasteiger partial charge in [-0.05, 0) is 45.4 Å². The van der Waals surface area contributed by atoms with Crippen LogP contribution >= 0.6 is 0 Å². The summed E-state index contributed by atoms with van der Waals surface area (Å²) in [5.41, 5.74) is 2.40. The largest absolute Gasteiger partial charge is 0.488 e. The second-order valence-electron chi connectivity index (χ2n) is 8.25. The van der Waals surface area contributed by atoms with Gasteiger partial charge in [0.25, 0.3) is 0 Å². The number of carbonyl (C=O) groups is 2. The van der Waals surface area contributed by atoms with E-state index in [0.717, 1.165) is 38.5 Å². The number of benzene rings is 1. The molecule has 1 aliphatic rings. The Bertz CT molecular complexity index is 886. The van der Waals surface area contributed by atoms with Crippen LogP contribution in [0, 0.1) is 13.8 Å². The smallest absolute Gasteiger partial charge is 0.340 e. The lowest BCUT2D eigenvalue weighted by molar-refractivity contribution is -1.02. The van der Waals surface area contributed by atoms with Gasteiger partial charge >= 0.3 is 5.97 Å². The van der Waals surface area contributed by atoms with Gasteiger partial charge in [0.2, 0.25) is 5.78 Å². The molecule has 3 N–H and O–H groups in total. The van der Waals surface area contributed by atoms with E-state index in [0.29, 0.717) is 35.7 Å². The number of ketones is 1. The average molecular weight is 430 g/mol. The number of para-hydroxylation sites is 1. The van der Waals surface area contributed by atoms with Crippen molar-refractivity contribution in [1.29, 1.82) is 0 Å². The molecule has 0 radical (unpaired) electrons. The third-order valence-corrected chi connectivity index (χ3v) is 6.24. The summed E-state index contributed by atoms with van der Waals surface area (Å²) in [5.74, 6) is 0.592. The van der Waals surface area contributed by atoms with Crippen LogP contribution in [0.3, 0.4) is 0 Å². The fourth-order valence-electron chi connectivity index (χ4n) is 4.35. The van der Waals surface area contributed by atoms with Crippen molar-refractivity contribution in [1.82, 2.24) is 4.98 Å². The third kappa shape index (κ3) is 5.54. The first-order valence-electron chi connectivity index (χ1n) is 11.2. The predicted molar refractivity (Wildman–Crippen MR) is 118 cm³/mol. The normalized spacial score (nSPS) is 19.6. The Morgan fingerprint density at radius 2 is 1.77 bits per heavy atom. The zero-order chi connectivity index (χ0) is 22.4. The Kier molecular flexibility index (Phi) is 7.87. The number of aryl methyl sites for hydroxylation is 1. The summed E-state index contributed by atoms with van der Waals surface area (Å²) in [6.45, 7) is 13.3. The number of piperazine rings is 1. The molecule has 1 aromatic heterocycles. The minimum Gasteiger partial charge on any atom is -0.488 e. The molecule has 1 saturated heterocycles. The molecule has 0 amide bonds. The van der Waals surface area contributed by atoms with Crippen molar-refractivity contribution < 1.29 is 28.9 Å². The molecule has 1 aliphatic heterocycles. The fraction of sp³-hybridized carbons (Fsp3) is 0.500. The van der Waals surface area contributed by atoms with E-state index in [1.54, 1.807) is 6.92 Å². The number of hydrogen-bond acceptors (Lipinski definition) is 4. The minimum atomic E-state index is -0.372. The Morgan fingerprint density at radius 3 is 2.42 bits per heavy atom. The maximum Gasteiger partial charge on any atom is 0.340 e. The number of ether oxygens (including phenoxy) is 2. The van der Waals surface area contributed by atoms with Gasteiger partial charge < -0.3 is 24.3 Å². The van der Waals surface area contributed by atoms with Gasteiger partial charge in [0, 0.05) is 5.69 Å². The lowest BCUT2D eigenvalue weighted by Crippen LogP contribution is -3.30. The van der Waals surface area contributed by atoms with Crippen LogP contribution in [0.2, 0.25) is 0 Å². The highest BCUT2D eigenvalue weighted by molar-refractivity contribution is 6.03. The predicted octanol–water partition coefficient (Wildman–Crippen LogP) is 0.242. The number of carbonyl (C=O) groups excluding carboxylic acids is 2. The van der Waals surface area contributed by atoms with E-state index < -0.39 is 0 Å². The van der Waals surface area contributed by atoms with Gasteiger partial charge in [0.1, 0.15) is 45.1 Å². The van der Waals surface area contributed by atoms with Crippen LogP contribution in [-0.4, -0.2) is 68.7 Å². The standard InChI is InChI=1S/C24H33N3O4/c1-5-30-24(29)21-17(2)22(25-18(21)3)23(28)19(4)27-13-11-26(12-14-27)15-16-31-20-9-7-6-8-10-20/h6-10,19,25H,5,11-16H2,1-4H3/p+2/t19-/m0/s1. The molecule has 168 valence electrons. The van der Waals surface area contributed by atoms with Crippen molar-refractivity contribution in [2.75, 3.05) is 45.9 Å². The van der Waals surface area contributed by atoms with E-state index in [2.05, 4.69) is 4.98 Å². The fourth-order valence-corrected chi connectivity index (χ4v) is 4.35. The van der Waals surface area contributed by atoms with Gasteiger partial charge in [-0.1, -0.05) is 18.2 Å². The number of aromatic amines is 1. The van der Waals surface area contributed by atoms with Crippen molar-refractivity contribution in [2.45, 2.75) is 33.7 Å². The van der Waals surface area contributed by atoms with E-state index in [4.69, 9.17) is 9.47 Å². The van der Waals surface area contributed by atoms with Crippen LogP contribution in [-0.2, 0) is 4.74 Å². The molecule has 31 heavy (non-hydrogen) atoms. The molecule has 0 aliphatic carbocycles. The van der Waals surface area contributed by atoms with Gasteiger partial charge in [-0.2, -0.15) is 0 Å². The van der Waals surface area contributed by atoms with E-state index >= 15 is 0 Å². The average Bonchev–Trinajstić information content (AvgIpc) is 3.08. The SMILES string of the molecule is CCOC(=O)c1c(C)[nH]c(C(=O)[C@H](C)[NH+]2CC[NH+](CCOc3ccccc3)CC2)c1C. The zero-order valence-corrected chi connectivity index (χ0v) is 19.0. The summed E-state index contributed by atoms with van der Waals surface area (Å²) in [6.07, 6.45) is 0. The first kappa shape index (κ1) is 23.0. The van der Waals surface area contributed by atoms with Gasteiger partial charge in [0.15, 0.2) is 6.04 Å². The van der Waals surface area contributed by atoms with E-state index in [9.17, 15) is 9.59 Å². The van der Waals surface area contributed by atoms with Gasteiger partial charge in [-0.15, -0.1) is 0 Å². The van der Waals surface area contributed by atoms with Gasteiger partial charge in [-0.3, -0.25) is 4.79 Å². The number of rotatable bonds is 9. The maximum atomic E-state index is 13.2. The number of nitrogens with one attached hydrogen (secondary N) is 3. The van der Waals surface area contributed by atoms with Crippen LogP contribution in [0.4, 0.5) is 0 Å². The maximum absolute atomic E-state index is 13.2. The van der Waals surface area contributed by atoms with Crippen LogP contribution in [0.25, 0.3) is 0 Å². The summed E-state index contributed by atoms with van der Waals surface area (Å²) in [6, 6.07) is 9.73. The van der Waals surface area contributed by atoms with Crippen LogP contribution in [0.1, 0.15) is 46.0 Å². The Balaban J connectivity index is 1.52. The van der Waals surface area contributed by atoms with Crippen molar-refractivity contribution in [3.63, 3.8) is 0 Å². The lowest BCUT2D eigenvalue weighted by Gasteiger charge is -2.32. The first-order valence-corrected chi connectivity index (χ1v) is 11.2. The summed E-state index contributed by atoms with van der Waals surface area (Å²) >= 11 is 0. The molecular formula is C24H35N3O4+2. The monoisotopic (exact) mass is 429 g/mol. The quantitative estimate of drug-likeness (QED) is 0.394. The van der Waals surface area contributed by atoms with Crippen LogP contribution in [0.15, 0.2) is 30.3 Å². The molecule has 3 rings (SSSR count). The number of aromatic nitrogens is 1. The van der Waals surface area contributed by atoms with Crippen molar-refractivity contribution in [3.05, 3.63) is 52.8 Å². The molecular weight excluding hydrogens is 394 g/mol. The molecule has 2 aromatic rings. The molecule has 1 fully saturated rings. The summed E-state index contributed by atoms with van der Waals surface area (Å²) < 4.78 is 11.0. The van der Waals surface area contributed by atoms with Crippen molar-refractivity contribution in [3.8, 4) is 5.75 Å². The molecule has 1 aromatic carbocycles. The van der Waals surface area contributed by atoms with Crippen LogP contribution < -0.4 is 14.5 Å². The summed E-state index contributed by atoms with van der Waals surface area (Å²) in [5, 5.41) is 0. The molecule has 0 unspecified atom stereocenters. The number of quaternary nitrogens is 2. The molecule has 0 spiro atoms. The van der Waals surface area contributed by atoms with E-state index in [-0.39, 0.29) is 17.8 Å². The zero-order valence-electron chi connectivity index (χ0n) is 19.0. The number of H-pyrrole nitrogens is 1. The second-order valence-corrected chi connectivity index (χ2v) is 8.25. The molecule has 7 heteroatoms. The van der Waals surface area contributed by atoms with Crippen molar-refractivity contribution in [2.24, 2.45) is 0 Å². The van der Waals surface area contributed by atoms with E-state index in [1.165, 1.54) is 9.80 Å². The van der Waals surface area contributed by atoms with Gasteiger partial charge in [-0.25, -0.2) is 4.79 Å². The van der Waals surface area contributed by atoms with Gasteiger partial charge in [0.05, 0.1) is 17.9 Å². The number of hydrogen-bond donors (Lipinski definition) is 3. The third-order valence-electron chi connectivity index (χ3n) is 6.24.